The van der Waals surface area contributed by atoms with Gasteiger partial charge in [0.1, 0.15) is 5.82 Å². The Hall–Kier alpha value is -2.21. The van der Waals surface area contributed by atoms with Crippen LogP contribution in [0.15, 0.2) is 48.5 Å². The van der Waals surface area contributed by atoms with Gasteiger partial charge in [-0.15, -0.1) is 0 Å². The third-order valence-electron chi connectivity index (χ3n) is 2.92. The number of sulfone groups is 1. The van der Waals surface area contributed by atoms with Gasteiger partial charge < -0.3 is 5.11 Å². The van der Waals surface area contributed by atoms with Crippen molar-refractivity contribution in [2.75, 3.05) is 0 Å². The highest BCUT2D eigenvalue weighted by Gasteiger charge is 2.16. The number of aromatic carboxylic acids is 1. The molecule has 21 heavy (non-hydrogen) atoms. The second kappa shape index (κ2) is 6.05. The topological polar surface area (TPSA) is 71.4 Å². The van der Waals surface area contributed by atoms with E-state index in [2.05, 4.69) is 0 Å². The average molecular weight is 308 g/mol. The van der Waals surface area contributed by atoms with Crippen LogP contribution in [0.1, 0.15) is 21.5 Å². The maximum Gasteiger partial charge on any atom is 0.335 e. The zero-order valence-corrected chi connectivity index (χ0v) is 11.8. The van der Waals surface area contributed by atoms with Crippen molar-refractivity contribution in [1.29, 1.82) is 0 Å². The molecule has 0 bridgehead atoms. The molecule has 2 aromatic carbocycles. The summed E-state index contributed by atoms with van der Waals surface area (Å²) >= 11 is 0. The van der Waals surface area contributed by atoms with Crippen LogP contribution in [0.25, 0.3) is 0 Å². The lowest BCUT2D eigenvalue weighted by molar-refractivity contribution is 0.0697. The third kappa shape index (κ3) is 4.13. The summed E-state index contributed by atoms with van der Waals surface area (Å²) in [6.07, 6.45) is 0. The molecule has 0 spiro atoms. The van der Waals surface area contributed by atoms with E-state index in [-0.39, 0.29) is 22.6 Å². The number of halogens is 1. The molecule has 0 saturated carbocycles. The lowest BCUT2D eigenvalue weighted by Crippen LogP contribution is -2.09. The normalized spacial score (nSPS) is 11.3. The van der Waals surface area contributed by atoms with Crippen LogP contribution >= 0.6 is 0 Å². The van der Waals surface area contributed by atoms with Crippen molar-refractivity contribution in [3.8, 4) is 0 Å². The predicted molar refractivity (Wildman–Crippen MR) is 76.1 cm³/mol. The Morgan fingerprint density at radius 2 is 1.62 bits per heavy atom. The van der Waals surface area contributed by atoms with Gasteiger partial charge in [-0.3, -0.25) is 0 Å². The van der Waals surface area contributed by atoms with Crippen LogP contribution in [0, 0.1) is 5.82 Å². The summed E-state index contributed by atoms with van der Waals surface area (Å²) in [6, 6.07) is 11.3. The van der Waals surface area contributed by atoms with Crippen molar-refractivity contribution in [2.45, 2.75) is 11.5 Å². The highest BCUT2D eigenvalue weighted by Crippen LogP contribution is 2.15. The zero-order chi connectivity index (χ0) is 15.5. The lowest BCUT2D eigenvalue weighted by Gasteiger charge is -2.06. The first-order valence-corrected chi connectivity index (χ1v) is 7.95. The summed E-state index contributed by atoms with van der Waals surface area (Å²) in [5.74, 6) is -2.28. The van der Waals surface area contributed by atoms with E-state index in [0.717, 1.165) is 0 Å². The fourth-order valence-electron chi connectivity index (χ4n) is 1.90. The molecule has 0 aliphatic heterocycles. The minimum Gasteiger partial charge on any atom is -0.478 e. The first kappa shape index (κ1) is 15.2. The van der Waals surface area contributed by atoms with E-state index in [4.69, 9.17) is 5.11 Å². The van der Waals surface area contributed by atoms with E-state index in [0.29, 0.717) is 5.56 Å². The van der Waals surface area contributed by atoms with Crippen LogP contribution in [-0.2, 0) is 21.3 Å². The van der Waals surface area contributed by atoms with Crippen LogP contribution in [0.3, 0.4) is 0 Å². The summed E-state index contributed by atoms with van der Waals surface area (Å²) in [4.78, 5) is 10.7. The van der Waals surface area contributed by atoms with Crippen molar-refractivity contribution in [1.82, 2.24) is 0 Å². The molecule has 6 heteroatoms. The van der Waals surface area contributed by atoms with Gasteiger partial charge in [-0.1, -0.05) is 30.3 Å². The van der Waals surface area contributed by atoms with Gasteiger partial charge in [0, 0.05) is 5.56 Å². The van der Waals surface area contributed by atoms with Crippen LogP contribution < -0.4 is 0 Å². The van der Waals surface area contributed by atoms with Crippen molar-refractivity contribution in [2.24, 2.45) is 0 Å². The fraction of sp³-hybridized carbons (Fsp3) is 0.133. The number of carbonyl (C=O) groups is 1. The quantitative estimate of drug-likeness (QED) is 0.921. The SMILES string of the molecule is O=C(O)c1ccc(CS(=O)(=O)Cc2ccccc2F)cc1. The Bertz CT molecular complexity index is 751. The Morgan fingerprint density at radius 3 is 2.19 bits per heavy atom. The van der Waals surface area contributed by atoms with Gasteiger partial charge >= 0.3 is 5.97 Å². The minimum absolute atomic E-state index is 0.0882. The molecule has 0 saturated heterocycles. The Labute approximate surface area is 121 Å². The molecule has 0 heterocycles. The van der Waals surface area contributed by atoms with Crippen molar-refractivity contribution in [3.05, 3.63) is 71.0 Å². The van der Waals surface area contributed by atoms with E-state index >= 15 is 0 Å². The summed E-state index contributed by atoms with van der Waals surface area (Å²) < 4.78 is 37.6. The number of carboxylic acid groups (broad SMARTS) is 1. The van der Waals surface area contributed by atoms with Crippen LogP contribution in [0.2, 0.25) is 0 Å². The van der Waals surface area contributed by atoms with Crippen molar-refractivity contribution >= 4 is 15.8 Å². The van der Waals surface area contributed by atoms with Gasteiger partial charge in [0.15, 0.2) is 9.84 Å². The van der Waals surface area contributed by atoms with Gasteiger partial charge in [-0.2, -0.15) is 0 Å². The average Bonchev–Trinajstić information content (AvgIpc) is 2.41. The maximum atomic E-state index is 13.5. The van der Waals surface area contributed by atoms with Gasteiger partial charge in [-0.05, 0) is 23.8 Å². The molecular weight excluding hydrogens is 295 g/mol. The highest BCUT2D eigenvalue weighted by atomic mass is 32.2. The van der Waals surface area contributed by atoms with Gasteiger partial charge in [0.05, 0.1) is 17.1 Å². The summed E-state index contributed by atoms with van der Waals surface area (Å²) in [5, 5.41) is 8.77. The standard InChI is InChI=1S/C15H13FO4S/c16-14-4-2-1-3-13(14)10-21(19,20)9-11-5-7-12(8-6-11)15(17)18/h1-8H,9-10H2,(H,17,18). The maximum absolute atomic E-state index is 13.5. The number of rotatable bonds is 5. The van der Waals surface area contributed by atoms with E-state index in [9.17, 15) is 17.6 Å². The molecule has 4 nitrogen and oxygen atoms in total. The number of hydrogen-bond donors (Lipinski definition) is 1. The third-order valence-corrected chi connectivity index (χ3v) is 4.44. The molecule has 0 aromatic heterocycles. The molecule has 2 aromatic rings. The second-order valence-corrected chi connectivity index (χ2v) is 6.69. The van der Waals surface area contributed by atoms with Crippen LogP contribution in [0.4, 0.5) is 4.39 Å². The molecule has 0 aliphatic rings. The van der Waals surface area contributed by atoms with E-state index < -0.39 is 21.6 Å². The number of carboxylic acids is 1. The monoisotopic (exact) mass is 308 g/mol. The van der Waals surface area contributed by atoms with E-state index in [1.54, 1.807) is 6.07 Å². The van der Waals surface area contributed by atoms with E-state index in [1.165, 1.54) is 42.5 Å². The summed E-state index contributed by atoms with van der Waals surface area (Å²) in [6.45, 7) is 0. The largest absolute Gasteiger partial charge is 0.478 e. The first-order valence-electron chi connectivity index (χ1n) is 6.13. The number of benzene rings is 2. The molecular formula is C15H13FO4S. The molecule has 0 atom stereocenters. The number of hydrogen-bond acceptors (Lipinski definition) is 3. The van der Waals surface area contributed by atoms with Crippen LogP contribution in [0.5, 0.6) is 0 Å². The Balaban J connectivity index is 2.14. The molecule has 110 valence electrons. The molecule has 0 unspecified atom stereocenters. The van der Waals surface area contributed by atoms with Crippen LogP contribution in [-0.4, -0.2) is 19.5 Å². The van der Waals surface area contributed by atoms with Gasteiger partial charge in [0.2, 0.25) is 0 Å². The van der Waals surface area contributed by atoms with Gasteiger partial charge in [0.25, 0.3) is 0 Å². The fourth-order valence-corrected chi connectivity index (χ4v) is 3.41. The zero-order valence-electron chi connectivity index (χ0n) is 11.0. The van der Waals surface area contributed by atoms with Crippen molar-refractivity contribution < 1.29 is 22.7 Å². The van der Waals surface area contributed by atoms with E-state index in [1.807, 2.05) is 0 Å². The molecule has 0 radical (unpaired) electrons. The predicted octanol–water partition coefficient (Wildman–Crippen LogP) is 2.64. The van der Waals surface area contributed by atoms with Gasteiger partial charge in [-0.25, -0.2) is 17.6 Å². The smallest absolute Gasteiger partial charge is 0.335 e. The second-order valence-electron chi connectivity index (χ2n) is 4.63. The molecule has 0 aliphatic carbocycles. The molecule has 0 fully saturated rings. The Kier molecular flexibility index (Phi) is 4.37. The first-order chi connectivity index (χ1) is 9.87. The summed E-state index contributed by atoms with van der Waals surface area (Å²) in [7, 11) is -3.53. The summed E-state index contributed by atoms with van der Waals surface area (Å²) in [5.41, 5.74) is 0.682. The molecule has 2 rings (SSSR count). The molecule has 1 N–H and O–H groups in total. The minimum atomic E-state index is -3.53. The lowest BCUT2D eigenvalue weighted by atomic mass is 10.1. The highest BCUT2D eigenvalue weighted by molar-refractivity contribution is 7.89. The van der Waals surface area contributed by atoms with Crippen molar-refractivity contribution in [3.63, 3.8) is 0 Å². The molecule has 0 amide bonds. The Morgan fingerprint density at radius 1 is 1.00 bits per heavy atom.